The van der Waals surface area contributed by atoms with E-state index in [0.717, 1.165) is 13.2 Å². The fraction of sp³-hybridized carbons (Fsp3) is 0.714. The third kappa shape index (κ3) is 4.03. The van der Waals surface area contributed by atoms with Gasteiger partial charge in [-0.3, -0.25) is 5.32 Å². The van der Waals surface area contributed by atoms with Crippen LogP contribution in [0.1, 0.15) is 13.8 Å². The molecule has 0 saturated heterocycles. The van der Waals surface area contributed by atoms with Crippen LogP contribution in [0.5, 0.6) is 0 Å². The summed E-state index contributed by atoms with van der Waals surface area (Å²) in [5.41, 5.74) is 0. The largest absolute Gasteiger partial charge is 0.368 e. The molecule has 0 amide bonds. The molecule has 1 rings (SSSR count). The van der Waals surface area contributed by atoms with Crippen molar-refractivity contribution in [3.8, 4) is 0 Å². The van der Waals surface area contributed by atoms with Gasteiger partial charge in [0, 0.05) is 13.6 Å². The van der Waals surface area contributed by atoms with E-state index in [1.165, 1.54) is 0 Å². The number of nitrogens with one attached hydrogen (secondary N) is 1. The van der Waals surface area contributed by atoms with E-state index in [2.05, 4.69) is 22.5 Å². The van der Waals surface area contributed by atoms with Crippen molar-refractivity contribution in [2.45, 2.75) is 13.8 Å². The van der Waals surface area contributed by atoms with Crippen LogP contribution in [0.15, 0.2) is 12.3 Å². The minimum absolute atomic E-state index is 0.983. The summed E-state index contributed by atoms with van der Waals surface area (Å²) in [6.07, 6.45) is 4.18. The van der Waals surface area contributed by atoms with E-state index in [-0.39, 0.29) is 0 Å². The second-order valence-corrected chi connectivity index (χ2v) is 1.75. The second-order valence-electron chi connectivity index (χ2n) is 1.75. The fourth-order valence-corrected chi connectivity index (χ4v) is 0.610. The molecule has 1 aliphatic heterocycles. The molecule has 0 aliphatic carbocycles. The second kappa shape index (κ2) is 5.63. The molecule has 0 aromatic rings. The lowest BCUT2D eigenvalue weighted by atomic mass is 10.5. The maximum Gasteiger partial charge on any atom is 0.0675 e. The highest BCUT2D eigenvalue weighted by molar-refractivity contribution is 4.86. The smallest absolute Gasteiger partial charge is 0.0675 e. The molecule has 0 bridgehead atoms. The molecular weight excluding hydrogens is 112 g/mol. The summed E-state index contributed by atoms with van der Waals surface area (Å²) in [7, 11) is 2.04. The van der Waals surface area contributed by atoms with Gasteiger partial charge in [-0.05, 0) is 6.20 Å². The molecule has 0 spiro atoms. The van der Waals surface area contributed by atoms with Crippen LogP contribution in [0.3, 0.4) is 0 Å². The molecule has 9 heavy (non-hydrogen) atoms. The van der Waals surface area contributed by atoms with Gasteiger partial charge in [0.1, 0.15) is 0 Å². The number of hydrogen-bond acceptors (Lipinski definition) is 2. The van der Waals surface area contributed by atoms with Gasteiger partial charge < -0.3 is 4.90 Å². The summed E-state index contributed by atoms with van der Waals surface area (Å²) in [4.78, 5) is 2.10. The minimum Gasteiger partial charge on any atom is -0.368 e. The molecule has 1 N–H and O–H groups in total. The first-order chi connectivity index (χ1) is 4.39. The normalized spacial score (nSPS) is 16.6. The molecule has 0 aromatic heterocycles. The Balaban J connectivity index is 0.000000291. The lowest BCUT2D eigenvalue weighted by molar-refractivity contribution is 0.399. The van der Waals surface area contributed by atoms with Gasteiger partial charge in [-0.25, -0.2) is 0 Å². The minimum atomic E-state index is 0.983. The van der Waals surface area contributed by atoms with Crippen LogP contribution in [-0.4, -0.2) is 25.2 Å². The van der Waals surface area contributed by atoms with E-state index in [1.807, 2.05) is 20.9 Å². The van der Waals surface area contributed by atoms with Crippen molar-refractivity contribution in [1.29, 1.82) is 0 Å². The first-order valence-electron chi connectivity index (χ1n) is 3.47. The third-order valence-electron chi connectivity index (χ3n) is 0.983. The Morgan fingerprint density at radius 1 is 1.44 bits per heavy atom. The van der Waals surface area contributed by atoms with Gasteiger partial charge in [-0.1, -0.05) is 19.9 Å². The van der Waals surface area contributed by atoms with Crippen molar-refractivity contribution in [2.75, 3.05) is 20.3 Å². The maximum atomic E-state index is 3.17. The SMILES string of the molecule is CC.CN1C=CCNC1. The van der Waals surface area contributed by atoms with Crippen LogP contribution < -0.4 is 5.32 Å². The van der Waals surface area contributed by atoms with Crippen LogP contribution in [0.2, 0.25) is 0 Å². The number of rotatable bonds is 0. The molecule has 1 heterocycles. The van der Waals surface area contributed by atoms with Gasteiger partial charge >= 0.3 is 0 Å². The summed E-state index contributed by atoms with van der Waals surface area (Å²) in [6.45, 7) is 6.00. The van der Waals surface area contributed by atoms with Crippen molar-refractivity contribution in [3.63, 3.8) is 0 Å². The van der Waals surface area contributed by atoms with Crippen molar-refractivity contribution in [3.05, 3.63) is 12.3 Å². The fourth-order valence-electron chi connectivity index (χ4n) is 0.610. The van der Waals surface area contributed by atoms with Gasteiger partial charge in [0.25, 0.3) is 0 Å². The topological polar surface area (TPSA) is 15.3 Å². The van der Waals surface area contributed by atoms with E-state index < -0.39 is 0 Å². The van der Waals surface area contributed by atoms with E-state index >= 15 is 0 Å². The molecule has 0 unspecified atom stereocenters. The first-order valence-corrected chi connectivity index (χ1v) is 3.47. The van der Waals surface area contributed by atoms with E-state index in [9.17, 15) is 0 Å². The highest BCUT2D eigenvalue weighted by Crippen LogP contribution is 1.84. The lowest BCUT2D eigenvalue weighted by Gasteiger charge is -2.17. The Kier molecular flexibility index (Phi) is 5.32. The Labute approximate surface area is 57.5 Å². The average Bonchev–Trinajstić information content (AvgIpc) is 1.94. The predicted molar refractivity (Wildman–Crippen MR) is 41.1 cm³/mol. The Hall–Kier alpha value is -0.500. The summed E-state index contributed by atoms with van der Waals surface area (Å²) in [5.74, 6) is 0. The molecule has 0 fully saturated rings. The van der Waals surface area contributed by atoms with Gasteiger partial charge in [0.2, 0.25) is 0 Å². The van der Waals surface area contributed by atoms with Crippen molar-refractivity contribution in [1.82, 2.24) is 10.2 Å². The monoisotopic (exact) mass is 128 g/mol. The maximum absolute atomic E-state index is 3.17. The third-order valence-corrected chi connectivity index (χ3v) is 0.983. The average molecular weight is 128 g/mol. The van der Waals surface area contributed by atoms with Gasteiger partial charge in [0.05, 0.1) is 6.67 Å². The standard InChI is InChI=1S/C5H10N2.C2H6/c1-7-4-2-3-6-5-7;1-2/h2,4,6H,3,5H2,1H3;1-2H3. The van der Waals surface area contributed by atoms with Gasteiger partial charge in [-0.15, -0.1) is 0 Å². The quantitative estimate of drug-likeness (QED) is 0.524. The summed E-state index contributed by atoms with van der Waals surface area (Å²) < 4.78 is 0. The Morgan fingerprint density at radius 2 is 2.11 bits per heavy atom. The number of hydrogen-bond donors (Lipinski definition) is 1. The summed E-state index contributed by atoms with van der Waals surface area (Å²) in [5, 5.41) is 3.17. The molecule has 2 heteroatoms. The number of nitrogens with zero attached hydrogens (tertiary/aromatic N) is 1. The van der Waals surface area contributed by atoms with Crippen LogP contribution in [0, 0.1) is 0 Å². The lowest BCUT2D eigenvalue weighted by Crippen LogP contribution is -2.31. The van der Waals surface area contributed by atoms with Crippen molar-refractivity contribution >= 4 is 0 Å². The highest BCUT2D eigenvalue weighted by Gasteiger charge is 1.91. The van der Waals surface area contributed by atoms with Crippen LogP contribution >= 0.6 is 0 Å². The summed E-state index contributed by atoms with van der Waals surface area (Å²) >= 11 is 0. The zero-order valence-corrected chi connectivity index (χ0v) is 6.52. The van der Waals surface area contributed by atoms with Gasteiger partial charge in [0.15, 0.2) is 0 Å². The highest BCUT2D eigenvalue weighted by atomic mass is 15.2. The predicted octanol–water partition coefficient (Wildman–Crippen LogP) is 1.02. The molecular formula is C7H16N2. The molecule has 0 saturated carbocycles. The zero-order valence-electron chi connectivity index (χ0n) is 6.52. The molecule has 0 atom stereocenters. The van der Waals surface area contributed by atoms with Crippen LogP contribution in [0.25, 0.3) is 0 Å². The molecule has 2 nitrogen and oxygen atoms in total. The van der Waals surface area contributed by atoms with E-state index in [0.29, 0.717) is 0 Å². The van der Waals surface area contributed by atoms with Crippen molar-refractivity contribution in [2.24, 2.45) is 0 Å². The van der Waals surface area contributed by atoms with E-state index in [4.69, 9.17) is 0 Å². The van der Waals surface area contributed by atoms with Crippen LogP contribution in [-0.2, 0) is 0 Å². The van der Waals surface area contributed by atoms with Crippen molar-refractivity contribution < 1.29 is 0 Å². The molecule has 54 valence electrons. The Morgan fingerprint density at radius 3 is 2.33 bits per heavy atom. The zero-order chi connectivity index (χ0) is 7.11. The van der Waals surface area contributed by atoms with Gasteiger partial charge in [-0.2, -0.15) is 0 Å². The summed E-state index contributed by atoms with van der Waals surface area (Å²) in [6, 6.07) is 0. The Bertz CT molecular complexity index is 79.0. The van der Waals surface area contributed by atoms with Crippen LogP contribution in [0.4, 0.5) is 0 Å². The molecule has 0 radical (unpaired) electrons. The van der Waals surface area contributed by atoms with E-state index in [1.54, 1.807) is 0 Å². The molecule has 0 aromatic carbocycles. The molecule has 1 aliphatic rings. The first kappa shape index (κ1) is 8.50.